The van der Waals surface area contributed by atoms with E-state index in [1.807, 2.05) is 23.1 Å². The van der Waals surface area contributed by atoms with Crippen LogP contribution in [0.5, 0.6) is 5.75 Å². The predicted molar refractivity (Wildman–Crippen MR) is 118 cm³/mol. The van der Waals surface area contributed by atoms with Crippen molar-refractivity contribution in [2.75, 3.05) is 45.9 Å². The summed E-state index contributed by atoms with van der Waals surface area (Å²) < 4.78 is 11.8. The Kier molecular flexibility index (Phi) is 7.12. The van der Waals surface area contributed by atoms with Crippen LogP contribution in [0.2, 0.25) is 0 Å². The number of unbranched alkanes of at least 4 members (excludes halogenated alkanes) is 1. The van der Waals surface area contributed by atoms with E-state index in [2.05, 4.69) is 12.2 Å². The molecule has 2 N–H and O–H groups in total. The largest absolute Gasteiger partial charge is 0.484 e. The van der Waals surface area contributed by atoms with Crippen molar-refractivity contribution in [3.05, 3.63) is 29.5 Å². The highest BCUT2D eigenvalue weighted by Crippen LogP contribution is 2.33. The van der Waals surface area contributed by atoms with E-state index in [1.165, 1.54) is 23.3 Å². The molecule has 1 fully saturated rings. The van der Waals surface area contributed by atoms with Gasteiger partial charge in [-0.3, -0.25) is 9.59 Å². The number of hydrogen-bond acceptors (Lipinski definition) is 4. The molecule has 2 heterocycles. The molecule has 0 atom stereocenters. The second kappa shape index (κ2) is 10.2. The number of hydrogen-bond donors (Lipinski definition) is 2. The van der Waals surface area contributed by atoms with Crippen molar-refractivity contribution in [1.82, 2.24) is 10.2 Å². The summed E-state index contributed by atoms with van der Waals surface area (Å²) in [6.45, 7) is 6.29. The molecule has 1 aliphatic heterocycles. The summed E-state index contributed by atoms with van der Waals surface area (Å²) in [6, 6.07) is 5.83. The van der Waals surface area contributed by atoms with Crippen molar-refractivity contribution in [1.29, 1.82) is 0 Å². The summed E-state index contributed by atoms with van der Waals surface area (Å²) in [7, 11) is 0. The second-order valence-electron chi connectivity index (χ2n) is 8.67. The zero-order valence-electron chi connectivity index (χ0n) is 18.5. The molecule has 168 valence electrons. The molecule has 1 saturated heterocycles. The Morgan fingerprint density at radius 2 is 2.00 bits per heavy atom. The van der Waals surface area contributed by atoms with Gasteiger partial charge in [0.15, 0.2) is 13.2 Å². The van der Waals surface area contributed by atoms with Crippen molar-refractivity contribution >= 4 is 22.8 Å². The fourth-order valence-corrected chi connectivity index (χ4v) is 4.51. The molecule has 1 aromatic carbocycles. The highest BCUT2D eigenvalue weighted by Gasteiger charge is 2.25. The summed E-state index contributed by atoms with van der Waals surface area (Å²) >= 11 is 0. The Morgan fingerprint density at radius 1 is 1.19 bits per heavy atom. The molecule has 2 aromatic rings. The number of carbonyl (C=O) groups is 2. The van der Waals surface area contributed by atoms with Crippen LogP contribution in [0.1, 0.15) is 43.9 Å². The zero-order valence-corrected chi connectivity index (χ0v) is 18.5. The standard InChI is InChI=1S/C24H33N3O4/c1-2-3-10-25-23(28)16-26-11-13-27(14-12-26)24(29)17-30-18-8-9-22-20(15-18)19-6-4-5-7-21(19)31-22/h8-9,15H,2-7,10-14,16-17H2,1H3,(H,25,28)/p+1. The third kappa shape index (κ3) is 5.39. The van der Waals surface area contributed by atoms with Gasteiger partial charge < -0.3 is 24.3 Å². The number of fused-ring (bicyclic) bond motifs is 3. The third-order valence-electron chi connectivity index (χ3n) is 6.38. The van der Waals surface area contributed by atoms with Crippen LogP contribution >= 0.6 is 0 Å². The van der Waals surface area contributed by atoms with Crippen LogP contribution in [0, 0.1) is 0 Å². The molecule has 0 unspecified atom stereocenters. The lowest BCUT2D eigenvalue weighted by Crippen LogP contribution is -3.15. The molecule has 0 radical (unpaired) electrons. The van der Waals surface area contributed by atoms with Crippen molar-refractivity contribution in [3.63, 3.8) is 0 Å². The molecule has 1 aliphatic carbocycles. The van der Waals surface area contributed by atoms with Crippen LogP contribution in [0.15, 0.2) is 22.6 Å². The van der Waals surface area contributed by atoms with Gasteiger partial charge in [0, 0.05) is 23.9 Å². The average Bonchev–Trinajstić information content (AvgIpc) is 3.16. The van der Waals surface area contributed by atoms with Crippen molar-refractivity contribution in [2.24, 2.45) is 0 Å². The average molecular weight is 429 g/mol. The Labute approximate surface area is 183 Å². The molecule has 1 aromatic heterocycles. The first kappa shape index (κ1) is 21.7. The summed E-state index contributed by atoms with van der Waals surface area (Å²) in [5, 5.41) is 4.09. The fraction of sp³-hybridized carbons (Fsp3) is 0.583. The molecule has 2 aliphatic rings. The summed E-state index contributed by atoms with van der Waals surface area (Å²) in [5.74, 6) is 1.92. The Bertz CT molecular complexity index is 915. The van der Waals surface area contributed by atoms with Crippen LogP contribution in [0.4, 0.5) is 0 Å². The second-order valence-corrected chi connectivity index (χ2v) is 8.67. The minimum Gasteiger partial charge on any atom is -0.484 e. The van der Waals surface area contributed by atoms with E-state index < -0.39 is 0 Å². The van der Waals surface area contributed by atoms with E-state index in [0.717, 1.165) is 62.0 Å². The van der Waals surface area contributed by atoms with Gasteiger partial charge >= 0.3 is 0 Å². The minimum atomic E-state index is 0.000710. The van der Waals surface area contributed by atoms with Crippen LogP contribution in [-0.4, -0.2) is 62.6 Å². The quantitative estimate of drug-likeness (QED) is 0.622. The Morgan fingerprint density at radius 3 is 2.81 bits per heavy atom. The first-order chi connectivity index (χ1) is 15.1. The van der Waals surface area contributed by atoms with Crippen molar-refractivity contribution in [2.45, 2.75) is 45.4 Å². The number of nitrogens with one attached hydrogen (secondary N) is 2. The maximum absolute atomic E-state index is 12.6. The molecule has 0 bridgehead atoms. The van der Waals surface area contributed by atoms with Gasteiger partial charge in [0.2, 0.25) is 0 Å². The van der Waals surface area contributed by atoms with E-state index in [9.17, 15) is 9.59 Å². The van der Waals surface area contributed by atoms with Gasteiger partial charge in [-0.15, -0.1) is 0 Å². The number of aryl methyl sites for hydroxylation is 2. The van der Waals surface area contributed by atoms with Gasteiger partial charge in [-0.1, -0.05) is 13.3 Å². The molecule has 0 saturated carbocycles. The van der Waals surface area contributed by atoms with Gasteiger partial charge in [0.05, 0.1) is 26.2 Å². The van der Waals surface area contributed by atoms with Crippen LogP contribution in [0.3, 0.4) is 0 Å². The van der Waals surface area contributed by atoms with Crippen LogP contribution < -0.4 is 15.0 Å². The SMILES string of the molecule is CCCCNC(=O)C[NH+]1CCN(C(=O)COc2ccc3oc4c(c3c2)CCCC4)CC1. The van der Waals surface area contributed by atoms with E-state index in [-0.39, 0.29) is 18.4 Å². The first-order valence-electron chi connectivity index (χ1n) is 11.7. The van der Waals surface area contributed by atoms with Crippen molar-refractivity contribution < 1.29 is 23.6 Å². The number of carbonyl (C=O) groups excluding carboxylic acids is 2. The van der Waals surface area contributed by atoms with Crippen LogP contribution in [-0.2, 0) is 22.4 Å². The van der Waals surface area contributed by atoms with E-state index in [4.69, 9.17) is 9.15 Å². The molecule has 2 amide bonds. The highest BCUT2D eigenvalue weighted by atomic mass is 16.5. The zero-order chi connectivity index (χ0) is 21.6. The summed E-state index contributed by atoms with van der Waals surface area (Å²) in [4.78, 5) is 27.7. The lowest BCUT2D eigenvalue weighted by atomic mass is 9.96. The number of benzene rings is 1. The number of rotatable bonds is 8. The topological polar surface area (TPSA) is 76.2 Å². The molecule has 0 spiro atoms. The third-order valence-corrected chi connectivity index (χ3v) is 6.38. The number of quaternary nitrogens is 1. The number of piperazine rings is 1. The molecule has 7 heteroatoms. The lowest BCUT2D eigenvalue weighted by Gasteiger charge is -2.31. The van der Waals surface area contributed by atoms with Crippen LogP contribution in [0.25, 0.3) is 11.0 Å². The molecular formula is C24H34N3O4+. The molecule has 31 heavy (non-hydrogen) atoms. The minimum absolute atomic E-state index is 0.000710. The Hall–Kier alpha value is -2.54. The maximum atomic E-state index is 12.6. The van der Waals surface area contributed by atoms with Gasteiger partial charge in [-0.05, 0) is 43.9 Å². The first-order valence-corrected chi connectivity index (χ1v) is 11.7. The number of ether oxygens (including phenoxy) is 1. The van der Waals surface area contributed by atoms with Gasteiger partial charge in [0.1, 0.15) is 17.1 Å². The highest BCUT2D eigenvalue weighted by molar-refractivity contribution is 5.84. The van der Waals surface area contributed by atoms with Gasteiger partial charge in [0.25, 0.3) is 11.8 Å². The predicted octanol–water partition coefficient (Wildman–Crippen LogP) is 1.33. The fourth-order valence-electron chi connectivity index (χ4n) is 4.51. The smallest absolute Gasteiger partial charge is 0.275 e. The van der Waals surface area contributed by atoms with Gasteiger partial charge in [-0.2, -0.15) is 0 Å². The number of amides is 2. The summed E-state index contributed by atoms with van der Waals surface area (Å²) in [6.07, 6.45) is 6.53. The molecule has 4 rings (SSSR count). The monoisotopic (exact) mass is 428 g/mol. The molecular weight excluding hydrogens is 394 g/mol. The maximum Gasteiger partial charge on any atom is 0.275 e. The van der Waals surface area contributed by atoms with E-state index in [1.54, 1.807) is 0 Å². The Balaban J connectivity index is 1.24. The molecule has 7 nitrogen and oxygen atoms in total. The number of nitrogens with zero attached hydrogens (tertiary/aromatic N) is 1. The normalized spacial score (nSPS) is 16.9. The summed E-state index contributed by atoms with van der Waals surface area (Å²) in [5.41, 5.74) is 2.21. The number of furan rings is 1. The van der Waals surface area contributed by atoms with E-state index in [0.29, 0.717) is 25.4 Å². The lowest BCUT2D eigenvalue weighted by molar-refractivity contribution is -0.896. The van der Waals surface area contributed by atoms with Crippen molar-refractivity contribution in [3.8, 4) is 5.75 Å². The van der Waals surface area contributed by atoms with Gasteiger partial charge in [-0.25, -0.2) is 0 Å². The van der Waals surface area contributed by atoms with E-state index >= 15 is 0 Å².